The van der Waals surface area contributed by atoms with E-state index in [9.17, 15) is 19.2 Å². The van der Waals surface area contributed by atoms with Crippen LogP contribution in [0.25, 0.3) is 0 Å². The van der Waals surface area contributed by atoms with E-state index in [1.54, 1.807) is 52.1 Å². The molecule has 1 rings (SSSR count). The average Bonchev–Trinajstić information content (AvgIpc) is 2.95. The first-order valence-electron chi connectivity index (χ1n) is 15.3. The van der Waals surface area contributed by atoms with Crippen molar-refractivity contribution in [1.82, 2.24) is 21.3 Å². The summed E-state index contributed by atoms with van der Waals surface area (Å²) in [5, 5.41) is 11.7. The lowest BCUT2D eigenvalue weighted by molar-refractivity contribution is -0.150. The molecule has 0 aromatic heterocycles. The zero-order valence-corrected chi connectivity index (χ0v) is 29.7. The van der Waals surface area contributed by atoms with Crippen LogP contribution in [0.15, 0.2) is 29.3 Å². The molecule has 3 amide bonds. The van der Waals surface area contributed by atoms with E-state index in [-0.39, 0.29) is 53.3 Å². The van der Waals surface area contributed by atoms with Crippen LogP contribution in [0.5, 0.6) is 0 Å². The van der Waals surface area contributed by atoms with Crippen LogP contribution in [0.2, 0.25) is 5.02 Å². The van der Waals surface area contributed by atoms with Crippen LogP contribution in [-0.4, -0.2) is 73.7 Å². The molecule has 3 atom stereocenters. The van der Waals surface area contributed by atoms with Gasteiger partial charge >= 0.3 is 12.1 Å². The molecule has 48 heavy (non-hydrogen) atoms. The summed E-state index contributed by atoms with van der Waals surface area (Å²) in [6.45, 7) is 10.0. The van der Waals surface area contributed by atoms with Crippen molar-refractivity contribution in [1.29, 1.82) is 0 Å². The molecule has 0 aliphatic carbocycles. The number of hydrogen-bond acceptors (Lipinski definition) is 8. The summed E-state index contributed by atoms with van der Waals surface area (Å²) in [5.74, 6) is -1.27. The van der Waals surface area contributed by atoms with Gasteiger partial charge in [0, 0.05) is 25.2 Å². The van der Waals surface area contributed by atoms with Crippen molar-refractivity contribution in [3.8, 4) is 0 Å². The zero-order valence-electron chi connectivity index (χ0n) is 27.9. The van der Waals surface area contributed by atoms with Crippen molar-refractivity contribution < 1.29 is 28.7 Å². The first-order valence-corrected chi connectivity index (χ1v) is 15.7. The van der Waals surface area contributed by atoms with Gasteiger partial charge in [-0.2, -0.15) is 13.5 Å². The van der Waals surface area contributed by atoms with Gasteiger partial charge in [-0.3, -0.25) is 14.6 Å². The maximum Gasteiger partial charge on any atom is 0.407 e. The molecule has 1 aromatic rings. The zero-order chi connectivity index (χ0) is 34.0. The lowest BCUT2D eigenvalue weighted by atomic mass is 10.0. The molecular formula is C33H62ClN7O6S. The van der Waals surface area contributed by atoms with Gasteiger partial charge in [-0.1, -0.05) is 52.4 Å². The fraction of sp³-hybridized carbons (Fsp3) is 0.667. The number of nitrogens with two attached hydrogens (primary N) is 2. The van der Waals surface area contributed by atoms with Gasteiger partial charge in [0.05, 0.1) is 6.04 Å². The third kappa shape index (κ3) is 22.4. The predicted octanol–water partition coefficient (Wildman–Crippen LogP) is 4.12. The number of hydrogen-bond donors (Lipinski definition) is 6. The molecule has 0 fully saturated rings. The minimum Gasteiger partial charge on any atom is -0.459 e. The van der Waals surface area contributed by atoms with Crippen LogP contribution in [-0.2, 0) is 30.5 Å². The lowest BCUT2D eigenvalue weighted by Gasteiger charge is -2.25. The van der Waals surface area contributed by atoms with E-state index in [4.69, 9.17) is 32.5 Å². The van der Waals surface area contributed by atoms with Crippen molar-refractivity contribution >= 4 is 54.9 Å². The van der Waals surface area contributed by atoms with Crippen LogP contribution in [0.3, 0.4) is 0 Å². The number of carbonyl (C=O) groups is 4. The van der Waals surface area contributed by atoms with Crippen LogP contribution < -0.4 is 32.7 Å². The fourth-order valence-electron chi connectivity index (χ4n) is 4.07. The molecule has 0 radical (unpaired) electrons. The van der Waals surface area contributed by atoms with E-state index in [0.29, 0.717) is 50.2 Å². The first kappa shape index (κ1) is 49.2. The Bertz CT molecular complexity index is 1120. The number of aliphatic imine (C=N–C) groups is 1. The smallest absolute Gasteiger partial charge is 0.407 e. The van der Waals surface area contributed by atoms with E-state index in [1.807, 2.05) is 13.8 Å². The highest BCUT2D eigenvalue weighted by molar-refractivity contribution is 7.59. The molecule has 0 saturated heterocycles. The van der Waals surface area contributed by atoms with Gasteiger partial charge in [-0.15, -0.1) is 0 Å². The first-order chi connectivity index (χ1) is 21.1. The maximum atomic E-state index is 13.4. The van der Waals surface area contributed by atoms with Gasteiger partial charge in [0.15, 0.2) is 5.96 Å². The van der Waals surface area contributed by atoms with Gasteiger partial charge < -0.3 is 42.2 Å². The number of carbonyl (C=O) groups excluding carboxylic acids is 4. The molecule has 8 N–H and O–H groups in total. The summed E-state index contributed by atoms with van der Waals surface area (Å²) >= 11 is 5.93. The molecule has 0 heterocycles. The lowest BCUT2D eigenvalue weighted by Crippen LogP contribution is -2.55. The highest BCUT2D eigenvalue weighted by Gasteiger charge is 2.29. The molecule has 0 spiro atoms. The molecule has 0 unspecified atom stereocenters. The minimum absolute atomic E-state index is 0. The number of nitrogens with zero attached hydrogens (tertiary/aromatic N) is 1. The number of benzene rings is 1. The molecule has 0 aliphatic heterocycles. The second-order valence-corrected chi connectivity index (χ2v) is 12.6. The van der Waals surface area contributed by atoms with E-state index in [2.05, 4.69) is 26.3 Å². The molecule has 0 bridgehead atoms. The van der Waals surface area contributed by atoms with E-state index in [1.165, 1.54) is 0 Å². The quantitative estimate of drug-likeness (QED) is 0.0559. The Kier molecular flexibility index (Phi) is 26.4. The van der Waals surface area contributed by atoms with Crippen molar-refractivity contribution in [3.63, 3.8) is 0 Å². The van der Waals surface area contributed by atoms with Crippen molar-refractivity contribution in [2.75, 3.05) is 20.1 Å². The summed E-state index contributed by atoms with van der Waals surface area (Å²) < 4.78 is 10.7. The predicted molar refractivity (Wildman–Crippen MR) is 199 cm³/mol. The maximum absolute atomic E-state index is 13.4. The van der Waals surface area contributed by atoms with Crippen LogP contribution in [0, 0.1) is 5.92 Å². The number of ether oxygens (including phenoxy) is 2. The van der Waals surface area contributed by atoms with Crippen molar-refractivity contribution in [3.05, 3.63) is 34.9 Å². The molecule has 13 nitrogen and oxygen atoms in total. The van der Waals surface area contributed by atoms with Gasteiger partial charge in [0.1, 0.15) is 24.3 Å². The fourth-order valence-corrected chi connectivity index (χ4v) is 4.19. The summed E-state index contributed by atoms with van der Waals surface area (Å²) in [6.07, 6.45) is 2.05. The summed E-state index contributed by atoms with van der Waals surface area (Å²) in [6, 6.07) is 4.15. The van der Waals surface area contributed by atoms with Crippen molar-refractivity contribution in [2.45, 2.75) is 118 Å². The molecule has 15 heteroatoms. The largest absolute Gasteiger partial charge is 0.459 e. The highest BCUT2D eigenvalue weighted by atomic mass is 35.5. The summed E-state index contributed by atoms with van der Waals surface area (Å²) in [4.78, 5) is 55.1. The molecular weight excluding hydrogens is 658 g/mol. The third-order valence-electron chi connectivity index (χ3n) is 6.40. The van der Waals surface area contributed by atoms with Gasteiger partial charge in [-0.25, -0.2) is 9.59 Å². The number of amides is 3. The average molecular weight is 720 g/mol. The van der Waals surface area contributed by atoms with E-state index in [0.717, 1.165) is 5.56 Å². The van der Waals surface area contributed by atoms with Crippen molar-refractivity contribution in [2.24, 2.45) is 22.4 Å². The molecule has 1 aromatic carbocycles. The number of unbranched alkanes of at least 4 members (excludes halogenated alkanes) is 1. The second kappa shape index (κ2) is 25.7. The normalized spacial score (nSPS) is 12.9. The topological polar surface area (TPSA) is 199 Å². The van der Waals surface area contributed by atoms with Crippen LogP contribution in [0.1, 0.15) is 93.6 Å². The molecule has 0 aliphatic rings. The second-order valence-electron chi connectivity index (χ2n) is 12.2. The number of alkyl carbamates (subject to hydrolysis) is 1. The Morgan fingerprint density at radius 2 is 1.48 bits per heavy atom. The monoisotopic (exact) mass is 719 g/mol. The number of rotatable bonds is 18. The van der Waals surface area contributed by atoms with Gasteiger partial charge in [-0.05, 0) is 82.9 Å². The van der Waals surface area contributed by atoms with Crippen LogP contribution >= 0.6 is 25.1 Å². The number of halogens is 1. The van der Waals surface area contributed by atoms with Gasteiger partial charge in [0.2, 0.25) is 11.8 Å². The SMILES string of the molecule is C.C.CN=C(N)NCCC[C@@H](NC(=O)[C@H](N)CCCCNC(=O)OC(C)(C)C)C(=O)N[C@@H](CC(C)C)C(=O)OCc1ccc(Cl)cc1.S. The highest BCUT2D eigenvalue weighted by Crippen LogP contribution is 2.13. The Labute approximate surface area is 299 Å². The number of esters is 1. The molecule has 278 valence electrons. The third-order valence-corrected chi connectivity index (χ3v) is 6.65. The molecule has 0 saturated carbocycles. The minimum atomic E-state index is -0.960. The van der Waals surface area contributed by atoms with E-state index >= 15 is 0 Å². The Hall–Kier alpha value is -3.23. The van der Waals surface area contributed by atoms with Crippen LogP contribution in [0.4, 0.5) is 4.79 Å². The van der Waals surface area contributed by atoms with E-state index < -0.39 is 47.6 Å². The Morgan fingerprint density at radius 1 is 0.896 bits per heavy atom. The Morgan fingerprint density at radius 3 is 2.04 bits per heavy atom. The van der Waals surface area contributed by atoms with Gasteiger partial charge in [0.25, 0.3) is 0 Å². The number of nitrogens with one attached hydrogen (secondary N) is 4. The summed E-state index contributed by atoms with van der Waals surface area (Å²) in [5.41, 5.74) is 12.0. The summed E-state index contributed by atoms with van der Waals surface area (Å²) in [7, 11) is 1.55. The standard InChI is InChI=1S/C31H52ClN7O6.2CH4.H2S/c1-20(2)18-25(28(42)44-19-21-12-14-22(32)15-13-21)39-27(41)24(11-9-17-36-29(34)35-6)38-26(40)23(33)10-7-8-16-37-30(43)45-31(3,4)5;;;/h12-15,20,23-25H,7-11,16-19,33H2,1-6H3,(H,37,43)(H,38,40)(H,39,41)(H3,34,35,36);2*1H4;1H2/t23-,24-,25+;;;/m1.../s1. The Balaban J connectivity index is -0.00000675. The number of guanidine groups is 1.